The topological polar surface area (TPSA) is 55.1 Å². The molecule has 2 heterocycles. The molecule has 1 aromatic carbocycles. The number of oxazole rings is 1. The molecule has 3 rings (SSSR count). The molecule has 2 aromatic heterocycles. The predicted octanol–water partition coefficient (Wildman–Crippen LogP) is 3.19. The molecule has 0 spiro atoms. The van der Waals surface area contributed by atoms with Crippen LogP contribution >= 0.6 is 0 Å². The number of likely N-dealkylation sites (N-methyl/N-ethyl adjacent to an activating group) is 1. The van der Waals surface area contributed by atoms with E-state index in [0.29, 0.717) is 11.9 Å². The molecule has 0 bridgehead atoms. The maximum atomic E-state index is 5.59. The van der Waals surface area contributed by atoms with Gasteiger partial charge in [0.25, 0.3) is 0 Å². The zero-order chi connectivity index (χ0) is 16.1. The summed E-state index contributed by atoms with van der Waals surface area (Å²) in [6.07, 6.45) is 7.82. The highest BCUT2D eigenvalue weighted by atomic mass is 16.3. The lowest BCUT2D eigenvalue weighted by atomic mass is 10.1. The van der Waals surface area contributed by atoms with E-state index < -0.39 is 0 Å². The molecular formula is C18H20N4O. The van der Waals surface area contributed by atoms with Gasteiger partial charge in [-0.05, 0) is 26.1 Å². The predicted molar refractivity (Wildman–Crippen MR) is 88.6 cm³/mol. The number of hydrogen-bond donors (Lipinski definition) is 0. The van der Waals surface area contributed by atoms with Crippen LogP contribution in [0.25, 0.3) is 11.5 Å². The minimum atomic E-state index is 0.337. The third-order valence-electron chi connectivity index (χ3n) is 3.86. The molecule has 0 radical (unpaired) electrons. The van der Waals surface area contributed by atoms with E-state index in [1.165, 1.54) is 0 Å². The second kappa shape index (κ2) is 7.15. The fourth-order valence-corrected chi connectivity index (χ4v) is 2.40. The normalized spacial score (nSPS) is 12.5. The van der Waals surface area contributed by atoms with Crippen molar-refractivity contribution in [3.63, 3.8) is 0 Å². The van der Waals surface area contributed by atoms with Crippen molar-refractivity contribution in [1.29, 1.82) is 0 Å². The summed E-state index contributed by atoms with van der Waals surface area (Å²) in [7, 11) is 2.08. The summed E-state index contributed by atoms with van der Waals surface area (Å²) in [5.41, 5.74) is 2.92. The summed E-state index contributed by atoms with van der Waals surface area (Å²) in [4.78, 5) is 15.2. The summed E-state index contributed by atoms with van der Waals surface area (Å²) in [5.74, 6) is 0.663. The van der Waals surface area contributed by atoms with Crippen LogP contribution in [0.4, 0.5) is 0 Å². The van der Waals surface area contributed by atoms with Crippen LogP contribution in [0.1, 0.15) is 18.3 Å². The number of aromatic nitrogens is 3. The van der Waals surface area contributed by atoms with E-state index in [0.717, 1.165) is 29.9 Å². The first-order chi connectivity index (χ1) is 11.2. The lowest BCUT2D eigenvalue weighted by molar-refractivity contribution is 0.244. The van der Waals surface area contributed by atoms with Crippen molar-refractivity contribution in [2.24, 2.45) is 0 Å². The number of rotatable bonds is 6. The Morgan fingerprint density at radius 2 is 1.96 bits per heavy atom. The molecule has 0 aliphatic carbocycles. The molecule has 23 heavy (non-hydrogen) atoms. The van der Waals surface area contributed by atoms with Gasteiger partial charge >= 0.3 is 0 Å². The Morgan fingerprint density at radius 3 is 2.70 bits per heavy atom. The van der Waals surface area contributed by atoms with E-state index >= 15 is 0 Å². The molecule has 0 N–H and O–H groups in total. The van der Waals surface area contributed by atoms with E-state index in [-0.39, 0.29) is 0 Å². The number of hydrogen-bond acceptors (Lipinski definition) is 5. The lowest BCUT2D eigenvalue weighted by Crippen LogP contribution is -2.30. The minimum absolute atomic E-state index is 0.337. The van der Waals surface area contributed by atoms with Gasteiger partial charge in [0.2, 0.25) is 5.89 Å². The van der Waals surface area contributed by atoms with Crippen LogP contribution in [0.15, 0.2) is 59.6 Å². The molecule has 0 fully saturated rings. The molecule has 3 aromatic rings. The van der Waals surface area contributed by atoms with Crippen molar-refractivity contribution in [1.82, 2.24) is 19.9 Å². The monoisotopic (exact) mass is 308 g/mol. The summed E-state index contributed by atoms with van der Waals surface area (Å²) < 4.78 is 5.59. The van der Waals surface area contributed by atoms with Crippen LogP contribution in [0, 0.1) is 0 Å². The van der Waals surface area contributed by atoms with E-state index in [9.17, 15) is 0 Å². The van der Waals surface area contributed by atoms with Crippen molar-refractivity contribution in [3.8, 4) is 11.5 Å². The standard InChI is InChI=1S/C18H20N4O/c1-14(10-16-11-19-8-9-20-16)22(2)12-17-13-23-18(21-17)15-6-4-3-5-7-15/h3-9,11,13-14H,10,12H2,1-2H3/t14-/m1/s1. The number of nitrogens with zero attached hydrogens (tertiary/aromatic N) is 4. The molecule has 0 saturated carbocycles. The van der Waals surface area contributed by atoms with Crippen LogP contribution in [0.5, 0.6) is 0 Å². The van der Waals surface area contributed by atoms with Gasteiger partial charge in [-0.1, -0.05) is 18.2 Å². The number of benzene rings is 1. The zero-order valence-electron chi connectivity index (χ0n) is 13.4. The van der Waals surface area contributed by atoms with E-state index in [1.807, 2.05) is 36.5 Å². The van der Waals surface area contributed by atoms with Crippen molar-refractivity contribution in [2.45, 2.75) is 25.9 Å². The van der Waals surface area contributed by atoms with Gasteiger partial charge in [-0.25, -0.2) is 4.98 Å². The summed E-state index contributed by atoms with van der Waals surface area (Å²) in [6.45, 7) is 2.91. The first-order valence-electron chi connectivity index (χ1n) is 7.67. The van der Waals surface area contributed by atoms with Crippen LogP contribution < -0.4 is 0 Å². The van der Waals surface area contributed by atoms with Crippen LogP contribution in [0.3, 0.4) is 0 Å². The first kappa shape index (κ1) is 15.4. The lowest BCUT2D eigenvalue weighted by Gasteiger charge is -2.23. The highest BCUT2D eigenvalue weighted by Crippen LogP contribution is 2.19. The Labute approximate surface area is 136 Å². The maximum absolute atomic E-state index is 5.59. The van der Waals surface area contributed by atoms with Crippen LogP contribution in [-0.4, -0.2) is 32.9 Å². The second-order valence-electron chi connectivity index (χ2n) is 5.68. The van der Waals surface area contributed by atoms with Gasteiger partial charge in [-0.3, -0.25) is 14.9 Å². The fraction of sp³-hybridized carbons (Fsp3) is 0.278. The molecule has 5 heteroatoms. The zero-order valence-corrected chi connectivity index (χ0v) is 13.4. The SMILES string of the molecule is C[C@H](Cc1cnccn1)N(C)Cc1coc(-c2ccccc2)n1. The highest BCUT2D eigenvalue weighted by molar-refractivity contribution is 5.52. The molecular weight excluding hydrogens is 288 g/mol. The Hall–Kier alpha value is -2.53. The quantitative estimate of drug-likeness (QED) is 0.700. The van der Waals surface area contributed by atoms with Crippen LogP contribution in [0.2, 0.25) is 0 Å². The van der Waals surface area contributed by atoms with E-state index in [4.69, 9.17) is 4.42 Å². The van der Waals surface area contributed by atoms with Gasteiger partial charge in [0.05, 0.1) is 11.4 Å². The third-order valence-corrected chi connectivity index (χ3v) is 3.86. The van der Waals surface area contributed by atoms with Gasteiger partial charge in [-0.2, -0.15) is 0 Å². The van der Waals surface area contributed by atoms with Crippen molar-refractivity contribution in [3.05, 3.63) is 66.6 Å². The van der Waals surface area contributed by atoms with Crippen molar-refractivity contribution < 1.29 is 4.42 Å². The van der Waals surface area contributed by atoms with E-state index in [1.54, 1.807) is 18.7 Å². The third kappa shape index (κ3) is 4.02. The van der Waals surface area contributed by atoms with Gasteiger partial charge in [0, 0.05) is 43.2 Å². The van der Waals surface area contributed by atoms with Gasteiger partial charge in [-0.15, -0.1) is 0 Å². The minimum Gasteiger partial charge on any atom is -0.444 e. The van der Waals surface area contributed by atoms with Gasteiger partial charge in [0.15, 0.2) is 0 Å². The van der Waals surface area contributed by atoms with E-state index in [2.05, 4.69) is 33.8 Å². The smallest absolute Gasteiger partial charge is 0.226 e. The molecule has 5 nitrogen and oxygen atoms in total. The summed E-state index contributed by atoms with van der Waals surface area (Å²) in [5, 5.41) is 0. The Kier molecular flexibility index (Phi) is 4.78. The molecule has 118 valence electrons. The Morgan fingerprint density at radius 1 is 1.13 bits per heavy atom. The van der Waals surface area contributed by atoms with Gasteiger partial charge in [0.1, 0.15) is 6.26 Å². The average molecular weight is 308 g/mol. The maximum Gasteiger partial charge on any atom is 0.226 e. The first-order valence-corrected chi connectivity index (χ1v) is 7.67. The second-order valence-corrected chi connectivity index (χ2v) is 5.68. The average Bonchev–Trinajstić information content (AvgIpc) is 3.05. The largest absolute Gasteiger partial charge is 0.444 e. The summed E-state index contributed by atoms with van der Waals surface area (Å²) >= 11 is 0. The van der Waals surface area contributed by atoms with Crippen molar-refractivity contribution >= 4 is 0 Å². The highest BCUT2D eigenvalue weighted by Gasteiger charge is 2.14. The Balaban J connectivity index is 1.62. The fourth-order valence-electron chi connectivity index (χ4n) is 2.40. The Bertz CT molecular complexity index is 727. The van der Waals surface area contributed by atoms with Crippen molar-refractivity contribution in [2.75, 3.05) is 7.05 Å². The molecule has 1 atom stereocenters. The summed E-state index contributed by atoms with van der Waals surface area (Å²) in [6, 6.07) is 10.3. The van der Waals surface area contributed by atoms with Gasteiger partial charge < -0.3 is 4.42 Å². The van der Waals surface area contributed by atoms with Crippen LogP contribution in [-0.2, 0) is 13.0 Å². The molecule has 0 amide bonds. The molecule has 0 aliphatic heterocycles. The molecule has 0 saturated heterocycles. The molecule has 0 aliphatic rings. The molecule has 0 unspecified atom stereocenters.